The normalized spacial score (nSPS) is 15.1. The minimum Gasteiger partial charge on any atom is -0.477 e. The molecule has 1 aromatic carbocycles. The zero-order valence-corrected chi connectivity index (χ0v) is 13.2. The number of aliphatic carboxylic acids is 1. The summed E-state index contributed by atoms with van der Waals surface area (Å²) in [6.07, 6.45) is 1.90. The maximum Gasteiger partial charge on any atom is 0.342 e. The Morgan fingerprint density at radius 2 is 2.05 bits per heavy atom. The predicted molar refractivity (Wildman–Crippen MR) is 89.0 cm³/mol. The Bertz CT molecular complexity index is 636. The molecule has 116 valence electrons. The van der Waals surface area contributed by atoms with E-state index in [2.05, 4.69) is 10.3 Å². The quantitative estimate of drug-likeness (QED) is 0.827. The highest BCUT2D eigenvalue weighted by atomic mass is 32.2. The monoisotopic (exact) mass is 319 g/mol. The fourth-order valence-corrected chi connectivity index (χ4v) is 2.61. The number of benzene rings is 1. The number of amidine groups is 1. The number of aliphatic imine (C=N–C) groups is 1. The summed E-state index contributed by atoms with van der Waals surface area (Å²) in [6, 6.07) is 7.52. The van der Waals surface area contributed by atoms with Crippen LogP contribution in [0.1, 0.15) is 12.0 Å². The van der Waals surface area contributed by atoms with Crippen LogP contribution in [0.25, 0.3) is 6.08 Å². The average molecular weight is 319 g/mol. The summed E-state index contributed by atoms with van der Waals surface area (Å²) < 4.78 is 0. The van der Waals surface area contributed by atoms with Crippen LogP contribution >= 0.6 is 11.8 Å². The molecule has 1 aromatic rings. The van der Waals surface area contributed by atoms with Crippen LogP contribution in [-0.2, 0) is 9.59 Å². The van der Waals surface area contributed by atoms with Crippen molar-refractivity contribution in [3.8, 4) is 0 Å². The summed E-state index contributed by atoms with van der Waals surface area (Å²) in [5.74, 6) is -1.19. The molecular formula is C15H17N3O3S. The number of thioether (sulfide) groups is 1. The molecule has 0 fully saturated rings. The van der Waals surface area contributed by atoms with Gasteiger partial charge in [0.05, 0.1) is 6.54 Å². The molecule has 1 amide bonds. The van der Waals surface area contributed by atoms with Crippen LogP contribution in [0, 0.1) is 0 Å². The summed E-state index contributed by atoms with van der Waals surface area (Å²) >= 11 is 0.952. The molecule has 0 aromatic heterocycles. The molecule has 1 heterocycles. The SMILES string of the molecule is CN(C)c1ccc(C=C(SC2=NCCC(=O)N2)C(=O)O)cc1. The highest BCUT2D eigenvalue weighted by Crippen LogP contribution is 2.22. The molecule has 0 saturated heterocycles. The fourth-order valence-electron chi connectivity index (χ4n) is 1.80. The highest BCUT2D eigenvalue weighted by Gasteiger charge is 2.17. The van der Waals surface area contributed by atoms with Crippen molar-refractivity contribution in [2.24, 2.45) is 4.99 Å². The van der Waals surface area contributed by atoms with E-state index in [1.54, 1.807) is 6.08 Å². The number of hydrogen-bond donors (Lipinski definition) is 2. The summed E-state index contributed by atoms with van der Waals surface area (Å²) in [4.78, 5) is 28.9. The van der Waals surface area contributed by atoms with Crippen molar-refractivity contribution >= 4 is 40.6 Å². The molecule has 1 aliphatic rings. The van der Waals surface area contributed by atoms with E-state index >= 15 is 0 Å². The highest BCUT2D eigenvalue weighted by molar-refractivity contribution is 8.18. The number of nitrogens with one attached hydrogen (secondary N) is 1. The van der Waals surface area contributed by atoms with Gasteiger partial charge >= 0.3 is 5.97 Å². The van der Waals surface area contributed by atoms with Gasteiger partial charge in [0.2, 0.25) is 5.91 Å². The molecular weight excluding hydrogens is 302 g/mol. The molecule has 0 unspecified atom stereocenters. The number of amides is 1. The van der Waals surface area contributed by atoms with Crippen LogP contribution in [0.3, 0.4) is 0 Å². The van der Waals surface area contributed by atoms with E-state index in [0.717, 1.165) is 23.0 Å². The zero-order valence-electron chi connectivity index (χ0n) is 12.4. The molecule has 7 heteroatoms. The first kappa shape index (κ1) is 16.1. The van der Waals surface area contributed by atoms with Crippen LogP contribution in [0.2, 0.25) is 0 Å². The topological polar surface area (TPSA) is 82.0 Å². The van der Waals surface area contributed by atoms with E-state index in [4.69, 9.17) is 0 Å². The predicted octanol–water partition coefficient (Wildman–Crippen LogP) is 1.79. The average Bonchev–Trinajstić information content (AvgIpc) is 2.47. The molecule has 0 atom stereocenters. The lowest BCUT2D eigenvalue weighted by Crippen LogP contribution is -2.33. The van der Waals surface area contributed by atoms with Crippen molar-refractivity contribution in [1.29, 1.82) is 0 Å². The lowest BCUT2D eigenvalue weighted by molar-refractivity contribution is -0.131. The van der Waals surface area contributed by atoms with Gasteiger partial charge in [0.15, 0.2) is 5.17 Å². The third-order valence-corrected chi connectivity index (χ3v) is 3.90. The second-order valence-corrected chi connectivity index (χ2v) is 5.92. The standard InChI is InChI=1S/C15H17N3O3S/c1-18(2)11-5-3-10(4-6-11)9-12(14(20)21)22-15-16-8-7-13(19)17-15/h3-6,9H,7-8H2,1-2H3,(H,20,21)(H,16,17,19). The van der Waals surface area contributed by atoms with Crippen molar-refractivity contribution < 1.29 is 14.7 Å². The minimum absolute atomic E-state index is 0.110. The minimum atomic E-state index is -1.05. The third-order valence-electron chi connectivity index (χ3n) is 2.97. The molecule has 0 bridgehead atoms. The molecule has 1 aliphatic heterocycles. The number of carboxylic acids is 1. The van der Waals surface area contributed by atoms with Crippen LogP contribution < -0.4 is 10.2 Å². The number of carbonyl (C=O) groups is 2. The fraction of sp³-hybridized carbons (Fsp3) is 0.267. The number of anilines is 1. The molecule has 2 N–H and O–H groups in total. The van der Waals surface area contributed by atoms with Crippen LogP contribution in [0.4, 0.5) is 5.69 Å². The third kappa shape index (κ3) is 4.36. The van der Waals surface area contributed by atoms with E-state index in [1.165, 1.54) is 0 Å². The van der Waals surface area contributed by atoms with Gasteiger partial charge in [0, 0.05) is 26.2 Å². The van der Waals surface area contributed by atoms with Crippen LogP contribution in [0.5, 0.6) is 0 Å². The van der Waals surface area contributed by atoms with E-state index in [-0.39, 0.29) is 10.8 Å². The second-order valence-electron chi connectivity index (χ2n) is 4.89. The van der Waals surface area contributed by atoms with Crippen molar-refractivity contribution in [3.63, 3.8) is 0 Å². The summed E-state index contributed by atoms with van der Waals surface area (Å²) in [5.41, 5.74) is 1.81. The first-order chi connectivity index (χ1) is 10.5. The Balaban J connectivity index is 2.18. The maximum absolute atomic E-state index is 11.4. The van der Waals surface area contributed by atoms with E-state index in [1.807, 2.05) is 43.3 Å². The van der Waals surface area contributed by atoms with Crippen molar-refractivity contribution in [2.75, 3.05) is 25.5 Å². The first-order valence-corrected chi connectivity index (χ1v) is 7.52. The molecule has 0 aliphatic carbocycles. The van der Waals surface area contributed by atoms with Crippen molar-refractivity contribution in [2.45, 2.75) is 6.42 Å². The van der Waals surface area contributed by atoms with E-state index in [0.29, 0.717) is 18.1 Å². The van der Waals surface area contributed by atoms with Gasteiger partial charge in [-0.25, -0.2) is 4.79 Å². The number of rotatable bonds is 4. The largest absolute Gasteiger partial charge is 0.477 e. The van der Waals surface area contributed by atoms with Gasteiger partial charge in [0.1, 0.15) is 4.91 Å². The van der Waals surface area contributed by atoms with Gasteiger partial charge in [-0.15, -0.1) is 0 Å². The van der Waals surface area contributed by atoms with Gasteiger partial charge in [-0.2, -0.15) is 0 Å². The summed E-state index contributed by atoms with van der Waals surface area (Å²) in [7, 11) is 3.88. The maximum atomic E-state index is 11.4. The van der Waals surface area contributed by atoms with Crippen molar-refractivity contribution in [1.82, 2.24) is 5.32 Å². The Kier molecular flexibility index (Phi) is 5.21. The van der Waals surface area contributed by atoms with E-state index in [9.17, 15) is 14.7 Å². The molecule has 0 radical (unpaired) electrons. The zero-order chi connectivity index (χ0) is 16.1. The Hall–Kier alpha value is -2.28. The van der Waals surface area contributed by atoms with Crippen LogP contribution in [0.15, 0.2) is 34.2 Å². The smallest absolute Gasteiger partial charge is 0.342 e. The molecule has 2 rings (SSSR count). The molecule has 6 nitrogen and oxygen atoms in total. The van der Waals surface area contributed by atoms with E-state index < -0.39 is 5.97 Å². The Morgan fingerprint density at radius 1 is 1.36 bits per heavy atom. The number of carbonyl (C=O) groups excluding carboxylic acids is 1. The number of nitrogens with zero attached hydrogens (tertiary/aromatic N) is 2. The van der Waals surface area contributed by atoms with Crippen molar-refractivity contribution in [3.05, 3.63) is 34.7 Å². The molecule has 22 heavy (non-hydrogen) atoms. The second kappa shape index (κ2) is 7.13. The Labute approximate surface area is 132 Å². The molecule has 0 spiro atoms. The van der Waals surface area contributed by atoms with Gasteiger partial charge in [-0.05, 0) is 35.5 Å². The lowest BCUT2D eigenvalue weighted by Gasteiger charge is -2.13. The first-order valence-electron chi connectivity index (χ1n) is 6.70. The molecule has 0 saturated carbocycles. The lowest BCUT2D eigenvalue weighted by atomic mass is 10.2. The summed E-state index contributed by atoms with van der Waals surface area (Å²) in [6.45, 7) is 0.387. The van der Waals surface area contributed by atoms with Gasteiger partial charge in [-0.1, -0.05) is 12.1 Å². The van der Waals surface area contributed by atoms with Gasteiger partial charge in [-0.3, -0.25) is 9.79 Å². The van der Waals surface area contributed by atoms with Crippen LogP contribution in [-0.4, -0.2) is 42.8 Å². The van der Waals surface area contributed by atoms with Gasteiger partial charge < -0.3 is 15.3 Å². The number of carboxylic acid groups (broad SMARTS) is 1. The Morgan fingerprint density at radius 3 is 2.59 bits per heavy atom. The number of hydrogen-bond acceptors (Lipinski definition) is 5. The summed E-state index contributed by atoms with van der Waals surface area (Å²) in [5, 5.41) is 12.2. The van der Waals surface area contributed by atoms with Gasteiger partial charge in [0.25, 0.3) is 0 Å².